The Morgan fingerprint density at radius 1 is 1.17 bits per heavy atom. The average Bonchev–Trinajstić information content (AvgIpc) is 2.61. The lowest BCUT2D eigenvalue weighted by Crippen LogP contribution is -2.33. The lowest BCUT2D eigenvalue weighted by molar-refractivity contribution is -0.122. The Bertz CT molecular complexity index is 536. The summed E-state index contributed by atoms with van der Waals surface area (Å²) in [5.74, 6) is 1.11. The third-order valence-corrected chi connectivity index (χ3v) is 4.74. The Morgan fingerprint density at radius 2 is 1.83 bits per heavy atom. The molecule has 0 aromatic heterocycles. The lowest BCUT2D eigenvalue weighted by atomic mass is 9.84. The van der Waals surface area contributed by atoms with Gasteiger partial charge in [0.15, 0.2) is 0 Å². The third-order valence-electron chi connectivity index (χ3n) is 4.74. The molecule has 1 atom stereocenters. The van der Waals surface area contributed by atoms with Crippen molar-refractivity contribution in [1.29, 1.82) is 0 Å². The normalized spacial score (nSPS) is 16.4. The minimum atomic E-state index is -0.0658. The second kappa shape index (κ2) is 9.42. The largest absolute Gasteiger partial charge is 0.352 e. The van der Waals surface area contributed by atoms with E-state index in [0.29, 0.717) is 36.9 Å². The van der Waals surface area contributed by atoms with Crippen LogP contribution in [0.1, 0.15) is 49.0 Å². The molecule has 0 saturated carbocycles. The molecule has 0 spiro atoms. The zero-order valence-electron chi connectivity index (χ0n) is 14.7. The zero-order chi connectivity index (χ0) is 17.4. The molecule has 1 aliphatic heterocycles. The van der Waals surface area contributed by atoms with E-state index in [1.165, 1.54) is 0 Å². The molecule has 1 heterocycles. The van der Waals surface area contributed by atoms with Gasteiger partial charge in [0.1, 0.15) is 0 Å². The van der Waals surface area contributed by atoms with Crippen LogP contribution in [0.15, 0.2) is 24.3 Å². The van der Waals surface area contributed by atoms with Gasteiger partial charge in [0.05, 0.1) is 0 Å². The van der Waals surface area contributed by atoms with Crippen molar-refractivity contribution in [1.82, 2.24) is 16.0 Å². The van der Waals surface area contributed by atoms with Crippen molar-refractivity contribution >= 4 is 11.8 Å². The third kappa shape index (κ3) is 5.64. The number of hydrogen-bond donors (Lipinski definition) is 3. The standard InChI is InChI=1S/C19H29N3O2/c1-3-21-19(24)17-6-4-15(5-7-17)13-22-18(23)12-14(2)16-8-10-20-11-9-16/h4-7,14,16,20H,3,8-13H2,1-2H3,(H,21,24)(H,22,23). The molecule has 2 amide bonds. The number of carbonyl (C=O) groups excluding carboxylic acids is 2. The molecule has 2 rings (SSSR count). The van der Waals surface area contributed by atoms with Crippen LogP contribution >= 0.6 is 0 Å². The maximum absolute atomic E-state index is 12.1. The van der Waals surface area contributed by atoms with Gasteiger partial charge in [-0.3, -0.25) is 9.59 Å². The molecule has 1 saturated heterocycles. The smallest absolute Gasteiger partial charge is 0.251 e. The van der Waals surface area contributed by atoms with E-state index in [-0.39, 0.29) is 11.8 Å². The lowest BCUT2D eigenvalue weighted by Gasteiger charge is -2.27. The fourth-order valence-electron chi connectivity index (χ4n) is 3.18. The van der Waals surface area contributed by atoms with Crippen molar-refractivity contribution in [3.8, 4) is 0 Å². The number of carbonyl (C=O) groups is 2. The van der Waals surface area contributed by atoms with Crippen LogP contribution in [0.4, 0.5) is 0 Å². The van der Waals surface area contributed by atoms with Crippen LogP contribution < -0.4 is 16.0 Å². The van der Waals surface area contributed by atoms with Gasteiger partial charge < -0.3 is 16.0 Å². The molecule has 1 unspecified atom stereocenters. The molecule has 0 bridgehead atoms. The topological polar surface area (TPSA) is 70.2 Å². The van der Waals surface area contributed by atoms with E-state index >= 15 is 0 Å². The zero-order valence-corrected chi connectivity index (χ0v) is 14.7. The minimum Gasteiger partial charge on any atom is -0.352 e. The van der Waals surface area contributed by atoms with E-state index in [1.54, 1.807) is 12.1 Å². The summed E-state index contributed by atoms with van der Waals surface area (Å²) in [6.45, 7) is 7.33. The molecule has 24 heavy (non-hydrogen) atoms. The second-order valence-electron chi connectivity index (χ2n) is 6.60. The molecule has 0 radical (unpaired) electrons. The summed E-state index contributed by atoms with van der Waals surface area (Å²) in [5.41, 5.74) is 1.65. The van der Waals surface area contributed by atoms with Crippen LogP contribution in [0.5, 0.6) is 0 Å². The van der Waals surface area contributed by atoms with Gasteiger partial charge in [-0.15, -0.1) is 0 Å². The summed E-state index contributed by atoms with van der Waals surface area (Å²) in [7, 11) is 0. The van der Waals surface area contributed by atoms with Crippen LogP contribution in [-0.4, -0.2) is 31.4 Å². The molecule has 1 aromatic carbocycles. The number of piperidine rings is 1. The van der Waals surface area contributed by atoms with Gasteiger partial charge in [-0.05, 0) is 62.4 Å². The van der Waals surface area contributed by atoms with Crippen molar-refractivity contribution in [3.63, 3.8) is 0 Å². The number of rotatable bonds is 7. The molecule has 1 fully saturated rings. The van der Waals surface area contributed by atoms with E-state index < -0.39 is 0 Å². The first-order chi connectivity index (χ1) is 11.6. The van der Waals surface area contributed by atoms with Crippen molar-refractivity contribution in [3.05, 3.63) is 35.4 Å². The summed E-state index contributed by atoms with van der Waals surface area (Å²) >= 11 is 0. The highest BCUT2D eigenvalue weighted by molar-refractivity contribution is 5.94. The van der Waals surface area contributed by atoms with Crippen LogP contribution in [0.25, 0.3) is 0 Å². The van der Waals surface area contributed by atoms with Crippen LogP contribution in [0, 0.1) is 11.8 Å². The van der Waals surface area contributed by atoms with Gasteiger partial charge in [-0.2, -0.15) is 0 Å². The average molecular weight is 331 g/mol. The summed E-state index contributed by atoms with van der Waals surface area (Å²) in [4.78, 5) is 23.8. The number of nitrogens with one attached hydrogen (secondary N) is 3. The van der Waals surface area contributed by atoms with Crippen molar-refractivity contribution < 1.29 is 9.59 Å². The molecule has 132 valence electrons. The minimum absolute atomic E-state index is 0.0658. The first-order valence-electron chi connectivity index (χ1n) is 8.94. The second-order valence-corrected chi connectivity index (χ2v) is 6.60. The molecule has 0 aliphatic carbocycles. The first-order valence-corrected chi connectivity index (χ1v) is 8.94. The first kappa shape index (κ1) is 18.5. The number of hydrogen-bond acceptors (Lipinski definition) is 3. The van der Waals surface area contributed by atoms with Crippen molar-refractivity contribution in [2.75, 3.05) is 19.6 Å². The fourth-order valence-corrected chi connectivity index (χ4v) is 3.18. The highest BCUT2D eigenvalue weighted by Crippen LogP contribution is 2.24. The van der Waals surface area contributed by atoms with Gasteiger partial charge in [0.25, 0.3) is 5.91 Å². The summed E-state index contributed by atoms with van der Waals surface area (Å²) < 4.78 is 0. The van der Waals surface area contributed by atoms with Gasteiger partial charge in [-0.25, -0.2) is 0 Å². The summed E-state index contributed by atoms with van der Waals surface area (Å²) in [6, 6.07) is 7.37. The summed E-state index contributed by atoms with van der Waals surface area (Å²) in [5, 5.41) is 9.12. The van der Waals surface area contributed by atoms with E-state index in [2.05, 4.69) is 22.9 Å². The van der Waals surface area contributed by atoms with Crippen molar-refractivity contribution in [2.24, 2.45) is 11.8 Å². The molecule has 3 N–H and O–H groups in total. The van der Waals surface area contributed by atoms with E-state index in [1.807, 2.05) is 19.1 Å². The Kier molecular flexibility index (Phi) is 7.25. The summed E-state index contributed by atoms with van der Waals surface area (Å²) in [6.07, 6.45) is 2.91. The molecule has 5 nitrogen and oxygen atoms in total. The van der Waals surface area contributed by atoms with E-state index in [4.69, 9.17) is 0 Å². The Labute approximate surface area is 144 Å². The highest BCUT2D eigenvalue weighted by atomic mass is 16.2. The van der Waals surface area contributed by atoms with Gasteiger partial charge >= 0.3 is 0 Å². The predicted molar refractivity (Wildman–Crippen MR) is 95.7 cm³/mol. The maximum Gasteiger partial charge on any atom is 0.251 e. The molecule has 1 aliphatic rings. The monoisotopic (exact) mass is 331 g/mol. The molecular weight excluding hydrogens is 302 g/mol. The van der Waals surface area contributed by atoms with E-state index in [0.717, 1.165) is 31.5 Å². The van der Waals surface area contributed by atoms with Crippen molar-refractivity contribution in [2.45, 2.75) is 39.7 Å². The van der Waals surface area contributed by atoms with Crippen LogP contribution in [-0.2, 0) is 11.3 Å². The Balaban J connectivity index is 1.75. The predicted octanol–water partition coefficient (Wildman–Crippen LogP) is 2.08. The van der Waals surface area contributed by atoms with Crippen LogP contribution in [0.3, 0.4) is 0 Å². The molecular formula is C19H29N3O2. The number of amides is 2. The van der Waals surface area contributed by atoms with Gasteiger partial charge in [0, 0.05) is 25.1 Å². The maximum atomic E-state index is 12.1. The van der Waals surface area contributed by atoms with E-state index in [9.17, 15) is 9.59 Å². The highest BCUT2D eigenvalue weighted by Gasteiger charge is 2.21. The Hall–Kier alpha value is -1.88. The Morgan fingerprint density at radius 3 is 2.46 bits per heavy atom. The van der Waals surface area contributed by atoms with Crippen LogP contribution in [0.2, 0.25) is 0 Å². The quantitative estimate of drug-likeness (QED) is 0.716. The fraction of sp³-hybridized carbons (Fsp3) is 0.579. The molecule has 5 heteroatoms. The van der Waals surface area contributed by atoms with Gasteiger partial charge in [0.2, 0.25) is 5.91 Å². The SMILES string of the molecule is CCNC(=O)c1ccc(CNC(=O)CC(C)C2CCNCC2)cc1. The molecule has 1 aromatic rings. The van der Waals surface area contributed by atoms with Gasteiger partial charge in [-0.1, -0.05) is 19.1 Å². The number of benzene rings is 1.